The quantitative estimate of drug-likeness (QED) is 0.897. The highest BCUT2D eigenvalue weighted by atomic mass is 79.9. The van der Waals surface area contributed by atoms with Crippen LogP contribution in [0.3, 0.4) is 0 Å². The molecule has 3 heteroatoms. The lowest BCUT2D eigenvalue weighted by atomic mass is 10.2. The molecule has 2 rings (SSSR count). The molecule has 1 fully saturated rings. The monoisotopic (exact) mass is 267 g/mol. The predicted molar refractivity (Wildman–Crippen MR) is 63.7 cm³/mol. The molecule has 2 atom stereocenters. The lowest BCUT2D eigenvalue weighted by Crippen LogP contribution is -2.25. The Balaban J connectivity index is 1.87. The summed E-state index contributed by atoms with van der Waals surface area (Å²) in [5.74, 6) is 1.52. The largest absolute Gasteiger partial charge is 0.352 e. The van der Waals surface area contributed by atoms with Crippen LogP contribution in [0.25, 0.3) is 0 Å². The Kier molecular flexibility index (Phi) is 3.10. The van der Waals surface area contributed by atoms with Gasteiger partial charge in [0.25, 0.3) is 5.91 Å². The maximum atomic E-state index is 11.7. The Labute approximate surface area is 98.2 Å². The van der Waals surface area contributed by atoms with Crippen molar-refractivity contribution in [1.29, 1.82) is 0 Å². The van der Waals surface area contributed by atoms with E-state index >= 15 is 0 Å². The van der Waals surface area contributed by atoms with E-state index in [4.69, 9.17) is 0 Å². The first-order chi connectivity index (χ1) is 7.16. The van der Waals surface area contributed by atoms with Crippen LogP contribution in [-0.4, -0.2) is 12.5 Å². The molecular weight excluding hydrogens is 254 g/mol. The van der Waals surface area contributed by atoms with E-state index in [1.807, 2.05) is 24.3 Å². The zero-order valence-corrected chi connectivity index (χ0v) is 10.3. The number of hydrogen-bond acceptors (Lipinski definition) is 1. The van der Waals surface area contributed by atoms with Crippen molar-refractivity contribution in [2.45, 2.75) is 13.3 Å². The summed E-state index contributed by atoms with van der Waals surface area (Å²) in [6.07, 6.45) is 1.25. The molecule has 2 unspecified atom stereocenters. The van der Waals surface area contributed by atoms with Crippen molar-refractivity contribution in [3.05, 3.63) is 34.3 Å². The van der Waals surface area contributed by atoms with Gasteiger partial charge in [-0.2, -0.15) is 0 Å². The molecule has 1 aliphatic rings. The number of carbonyl (C=O) groups is 1. The highest BCUT2D eigenvalue weighted by Gasteiger charge is 2.32. The van der Waals surface area contributed by atoms with E-state index in [1.54, 1.807) is 0 Å². The summed E-state index contributed by atoms with van der Waals surface area (Å²) < 4.78 is 0.995. The summed E-state index contributed by atoms with van der Waals surface area (Å²) in [5.41, 5.74) is 0.728. The summed E-state index contributed by atoms with van der Waals surface area (Å²) in [6, 6.07) is 7.43. The fraction of sp³-hybridized carbons (Fsp3) is 0.417. The second-order valence-electron chi connectivity index (χ2n) is 4.19. The van der Waals surface area contributed by atoms with Gasteiger partial charge in [0.05, 0.1) is 0 Å². The van der Waals surface area contributed by atoms with E-state index in [0.717, 1.165) is 22.5 Å². The first kappa shape index (κ1) is 10.7. The molecule has 0 aliphatic heterocycles. The van der Waals surface area contributed by atoms with Crippen LogP contribution in [-0.2, 0) is 0 Å². The number of halogens is 1. The highest BCUT2D eigenvalue weighted by molar-refractivity contribution is 9.10. The van der Waals surface area contributed by atoms with Gasteiger partial charge in [0, 0.05) is 16.6 Å². The second-order valence-corrected chi connectivity index (χ2v) is 5.11. The number of carbonyl (C=O) groups excluding carboxylic acids is 1. The van der Waals surface area contributed by atoms with Crippen molar-refractivity contribution < 1.29 is 4.79 Å². The van der Waals surface area contributed by atoms with Gasteiger partial charge in [0.2, 0.25) is 0 Å². The van der Waals surface area contributed by atoms with Gasteiger partial charge in [-0.1, -0.05) is 22.9 Å². The van der Waals surface area contributed by atoms with Crippen molar-refractivity contribution in [2.24, 2.45) is 11.8 Å². The molecule has 80 valence electrons. The maximum absolute atomic E-state index is 11.7. The molecule has 1 N–H and O–H groups in total. The summed E-state index contributed by atoms with van der Waals surface area (Å²) in [6.45, 7) is 3.03. The van der Waals surface area contributed by atoms with Crippen molar-refractivity contribution in [1.82, 2.24) is 5.32 Å². The average molecular weight is 268 g/mol. The second kappa shape index (κ2) is 4.35. The van der Waals surface area contributed by atoms with E-state index in [0.29, 0.717) is 5.92 Å². The Bertz CT molecular complexity index is 360. The van der Waals surface area contributed by atoms with Gasteiger partial charge in [-0.3, -0.25) is 4.79 Å². The van der Waals surface area contributed by atoms with Crippen LogP contribution in [0.15, 0.2) is 28.7 Å². The fourth-order valence-electron chi connectivity index (χ4n) is 1.61. The number of amides is 1. The number of hydrogen-bond donors (Lipinski definition) is 1. The van der Waals surface area contributed by atoms with E-state index in [9.17, 15) is 4.79 Å². The van der Waals surface area contributed by atoms with E-state index in [2.05, 4.69) is 28.2 Å². The normalized spacial score (nSPS) is 23.6. The van der Waals surface area contributed by atoms with Gasteiger partial charge in [-0.05, 0) is 42.5 Å². The standard InChI is InChI=1S/C12H14BrNO/c1-8-6-10(8)7-14-12(15)9-2-4-11(13)5-3-9/h2-5,8,10H,6-7H2,1H3,(H,14,15). The summed E-state index contributed by atoms with van der Waals surface area (Å²) in [4.78, 5) is 11.7. The van der Waals surface area contributed by atoms with Crippen molar-refractivity contribution in [2.75, 3.05) is 6.54 Å². The summed E-state index contributed by atoms with van der Waals surface area (Å²) in [5, 5.41) is 2.96. The molecule has 1 aromatic carbocycles. The molecule has 0 aromatic heterocycles. The van der Waals surface area contributed by atoms with Gasteiger partial charge in [0.15, 0.2) is 0 Å². The molecule has 0 spiro atoms. The molecule has 1 aliphatic carbocycles. The molecule has 0 heterocycles. The van der Waals surface area contributed by atoms with E-state index in [-0.39, 0.29) is 5.91 Å². The van der Waals surface area contributed by atoms with Gasteiger partial charge in [-0.25, -0.2) is 0 Å². The van der Waals surface area contributed by atoms with Crippen molar-refractivity contribution in [3.8, 4) is 0 Å². The van der Waals surface area contributed by atoms with Crippen molar-refractivity contribution in [3.63, 3.8) is 0 Å². The fourth-order valence-corrected chi connectivity index (χ4v) is 1.87. The Morgan fingerprint density at radius 1 is 1.47 bits per heavy atom. The van der Waals surface area contributed by atoms with Gasteiger partial charge in [0.1, 0.15) is 0 Å². The molecule has 15 heavy (non-hydrogen) atoms. The molecule has 0 bridgehead atoms. The van der Waals surface area contributed by atoms with Gasteiger partial charge >= 0.3 is 0 Å². The molecule has 1 aromatic rings. The van der Waals surface area contributed by atoms with Crippen LogP contribution in [0.5, 0.6) is 0 Å². The molecule has 2 nitrogen and oxygen atoms in total. The zero-order chi connectivity index (χ0) is 10.8. The van der Waals surface area contributed by atoms with Crippen molar-refractivity contribution >= 4 is 21.8 Å². The van der Waals surface area contributed by atoms with Gasteiger partial charge < -0.3 is 5.32 Å². The zero-order valence-electron chi connectivity index (χ0n) is 8.66. The van der Waals surface area contributed by atoms with Gasteiger partial charge in [-0.15, -0.1) is 0 Å². The summed E-state index contributed by atoms with van der Waals surface area (Å²) >= 11 is 3.34. The third-order valence-electron chi connectivity index (χ3n) is 2.91. The van der Waals surface area contributed by atoms with E-state index < -0.39 is 0 Å². The minimum absolute atomic E-state index is 0.0293. The Hall–Kier alpha value is -0.830. The highest BCUT2D eigenvalue weighted by Crippen LogP contribution is 2.36. The minimum Gasteiger partial charge on any atom is -0.352 e. The third-order valence-corrected chi connectivity index (χ3v) is 3.44. The maximum Gasteiger partial charge on any atom is 0.251 e. The van der Waals surface area contributed by atoms with Crippen LogP contribution in [0.1, 0.15) is 23.7 Å². The summed E-state index contributed by atoms with van der Waals surface area (Å²) in [7, 11) is 0. The van der Waals surface area contributed by atoms with Crippen LogP contribution < -0.4 is 5.32 Å². The first-order valence-electron chi connectivity index (χ1n) is 5.20. The number of nitrogens with one attached hydrogen (secondary N) is 1. The average Bonchev–Trinajstić information content (AvgIpc) is 2.92. The molecule has 1 saturated carbocycles. The predicted octanol–water partition coefficient (Wildman–Crippen LogP) is 2.83. The minimum atomic E-state index is 0.0293. The first-order valence-corrected chi connectivity index (χ1v) is 6.00. The molecule has 1 amide bonds. The lowest BCUT2D eigenvalue weighted by molar-refractivity contribution is 0.0951. The smallest absolute Gasteiger partial charge is 0.251 e. The van der Waals surface area contributed by atoms with Crippen LogP contribution in [0, 0.1) is 11.8 Å². The Morgan fingerprint density at radius 2 is 2.07 bits per heavy atom. The van der Waals surface area contributed by atoms with Crippen LogP contribution >= 0.6 is 15.9 Å². The lowest BCUT2D eigenvalue weighted by Gasteiger charge is -2.04. The van der Waals surface area contributed by atoms with Crippen LogP contribution in [0.2, 0.25) is 0 Å². The Morgan fingerprint density at radius 3 is 2.60 bits per heavy atom. The van der Waals surface area contributed by atoms with Crippen LogP contribution in [0.4, 0.5) is 0 Å². The SMILES string of the molecule is CC1CC1CNC(=O)c1ccc(Br)cc1. The molecule has 0 radical (unpaired) electrons. The molecule has 0 saturated heterocycles. The number of benzene rings is 1. The third kappa shape index (κ3) is 2.81. The number of rotatable bonds is 3. The topological polar surface area (TPSA) is 29.1 Å². The van der Waals surface area contributed by atoms with E-state index in [1.165, 1.54) is 6.42 Å². The molecular formula is C12H14BrNO.